The van der Waals surface area contributed by atoms with Crippen molar-refractivity contribution in [2.45, 2.75) is 40.2 Å². The summed E-state index contributed by atoms with van der Waals surface area (Å²) < 4.78 is 0. The normalized spacial score (nSPS) is 19.7. The summed E-state index contributed by atoms with van der Waals surface area (Å²) in [6, 6.07) is 8.06. The summed E-state index contributed by atoms with van der Waals surface area (Å²) in [6.45, 7) is 10.6. The van der Waals surface area contributed by atoms with E-state index < -0.39 is 0 Å². The van der Waals surface area contributed by atoms with Crippen molar-refractivity contribution in [3.8, 4) is 0 Å². The molecule has 1 amide bonds. The number of benzene rings is 1. The Kier molecular flexibility index (Phi) is 5.80. The number of nitrogens with zero attached hydrogens (tertiary/aromatic N) is 1. The molecule has 1 aliphatic heterocycles. The lowest BCUT2D eigenvalue weighted by molar-refractivity contribution is 0.0949. The topological polar surface area (TPSA) is 32.3 Å². The van der Waals surface area contributed by atoms with Gasteiger partial charge in [-0.25, -0.2) is 0 Å². The first-order valence-electron chi connectivity index (χ1n) is 8.14. The van der Waals surface area contributed by atoms with Crippen LogP contribution in [0.2, 0.25) is 0 Å². The molecule has 0 bridgehead atoms. The van der Waals surface area contributed by atoms with Crippen LogP contribution in [0.5, 0.6) is 0 Å². The molecule has 21 heavy (non-hydrogen) atoms. The second-order valence-electron chi connectivity index (χ2n) is 6.78. The molecule has 1 fully saturated rings. The fourth-order valence-corrected chi connectivity index (χ4v) is 2.85. The van der Waals surface area contributed by atoms with Crippen molar-refractivity contribution in [1.82, 2.24) is 10.2 Å². The summed E-state index contributed by atoms with van der Waals surface area (Å²) in [6.07, 6.45) is 2.66. The highest BCUT2D eigenvalue weighted by molar-refractivity contribution is 5.94. The van der Waals surface area contributed by atoms with Crippen LogP contribution < -0.4 is 5.32 Å². The van der Waals surface area contributed by atoms with E-state index in [1.807, 2.05) is 12.1 Å². The molecule has 1 unspecified atom stereocenters. The lowest BCUT2D eigenvalue weighted by Gasteiger charge is -2.30. The van der Waals surface area contributed by atoms with Crippen LogP contribution in [-0.4, -0.2) is 30.4 Å². The number of carbonyl (C=O) groups excluding carboxylic acids is 1. The standard InChI is InChI=1S/C18H28N2O/c1-14(2)11-19-18(21)17-8-6-16(7-9-17)13-20-10-4-5-15(3)12-20/h6-9,14-15H,4-5,10-13H2,1-3H3,(H,19,21). The van der Waals surface area contributed by atoms with Gasteiger partial charge >= 0.3 is 0 Å². The number of amides is 1. The van der Waals surface area contributed by atoms with E-state index in [-0.39, 0.29) is 5.91 Å². The molecular weight excluding hydrogens is 260 g/mol. The molecule has 1 heterocycles. The fraction of sp³-hybridized carbons (Fsp3) is 0.611. The Morgan fingerprint density at radius 2 is 2.05 bits per heavy atom. The summed E-state index contributed by atoms with van der Waals surface area (Å²) in [5, 5.41) is 2.96. The molecule has 3 heteroatoms. The number of hydrogen-bond acceptors (Lipinski definition) is 2. The maximum Gasteiger partial charge on any atom is 0.251 e. The van der Waals surface area contributed by atoms with Crippen molar-refractivity contribution in [3.05, 3.63) is 35.4 Å². The van der Waals surface area contributed by atoms with Crippen molar-refractivity contribution in [2.75, 3.05) is 19.6 Å². The molecule has 2 rings (SSSR count). The van der Waals surface area contributed by atoms with Gasteiger partial charge < -0.3 is 5.32 Å². The van der Waals surface area contributed by atoms with Crippen LogP contribution in [0.1, 0.15) is 49.5 Å². The molecule has 1 saturated heterocycles. The van der Waals surface area contributed by atoms with Crippen molar-refractivity contribution in [3.63, 3.8) is 0 Å². The molecule has 0 aromatic heterocycles. The Bertz CT molecular complexity index is 453. The Hall–Kier alpha value is -1.35. The van der Waals surface area contributed by atoms with Gasteiger partial charge in [0.2, 0.25) is 0 Å². The van der Waals surface area contributed by atoms with E-state index in [0.29, 0.717) is 5.92 Å². The Balaban J connectivity index is 1.88. The largest absolute Gasteiger partial charge is 0.352 e. The molecule has 1 aromatic carbocycles. The van der Waals surface area contributed by atoms with E-state index in [4.69, 9.17) is 0 Å². The van der Waals surface area contributed by atoms with Gasteiger partial charge in [-0.1, -0.05) is 32.9 Å². The van der Waals surface area contributed by atoms with Crippen LogP contribution in [-0.2, 0) is 6.54 Å². The molecule has 3 nitrogen and oxygen atoms in total. The van der Waals surface area contributed by atoms with E-state index in [1.54, 1.807) is 0 Å². The van der Waals surface area contributed by atoms with Crippen LogP contribution in [0, 0.1) is 11.8 Å². The van der Waals surface area contributed by atoms with Gasteiger partial charge in [-0.2, -0.15) is 0 Å². The average Bonchev–Trinajstić information content (AvgIpc) is 2.45. The first-order chi connectivity index (χ1) is 10.0. The molecule has 1 aliphatic rings. The predicted molar refractivity (Wildman–Crippen MR) is 87.3 cm³/mol. The number of piperidine rings is 1. The first-order valence-corrected chi connectivity index (χ1v) is 8.14. The molecular formula is C18H28N2O. The summed E-state index contributed by atoms with van der Waals surface area (Å²) in [5.74, 6) is 1.32. The lowest BCUT2D eigenvalue weighted by atomic mass is 9.99. The number of nitrogens with one attached hydrogen (secondary N) is 1. The fourth-order valence-electron chi connectivity index (χ4n) is 2.85. The first kappa shape index (κ1) is 16.0. The van der Waals surface area contributed by atoms with Crippen LogP contribution in [0.4, 0.5) is 0 Å². The third-order valence-corrected chi connectivity index (χ3v) is 4.03. The smallest absolute Gasteiger partial charge is 0.251 e. The van der Waals surface area contributed by atoms with Crippen LogP contribution >= 0.6 is 0 Å². The van der Waals surface area contributed by atoms with E-state index >= 15 is 0 Å². The maximum absolute atomic E-state index is 12.0. The lowest BCUT2D eigenvalue weighted by Crippen LogP contribution is -2.33. The average molecular weight is 288 g/mol. The highest BCUT2D eigenvalue weighted by Gasteiger charge is 2.16. The Morgan fingerprint density at radius 1 is 1.33 bits per heavy atom. The van der Waals surface area contributed by atoms with E-state index in [0.717, 1.165) is 24.6 Å². The van der Waals surface area contributed by atoms with Gasteiger partial charge in [-0.15, -0.1) is 0 Å². The van der Waals surface area contributed by atoms with Gasteiger partial charge in [0.15, 0.2) is 0 Å². The molecule has 1 aromatic rings. The SMILES string of the molecule is CC(C)CNC(=O)c1ccc(CN2CCCC(C)C2)cc1. The van der Waals surface area contributed by atoms with Crippen molar-refractivity contribution in [2.24, 2.45) is 11.8 Å². The summed E-state index contributed by atoms with van der Waals surface area (Å²) >= 11 is 0. The highest BCUT2D eigenvalue weighted by Crippen LogP contribution is 2.18. The minimum atomic E-state index is 0.0295. The summed E-state index contributed by atoms with van der Waals surface area (Å²) in [4.78, 5) is 14.5. The van der Waals surface area contributed by atoms with Crippen molar-refractivity contribution >= 4 is 5.91 Å². The maximum atomic E-state index is 12.0. The third-order valence-electron chi connectivity index (χ3n) is 4.03. The number of likely N-dealkylation sites (tertiary alicyclic amines) is 1. The zero-order chi connectivity index (χ0) is 15.2. The molecule has 1 N–H and O–H groups in total. The van der Waals surface area contributed by atoms with Crippen molar-refractivity contribution in [1.29, 1.82) is 0 Å². The van der Waals surface area contributed by atoms with Crippen LogP contribution in [0.15, 0.2) is 24.3 Å². The minimum Gasteiger partial charge on any atom is -0.352 e. The number of rotatable bonds is 5. The number of hydrogen-bond donors (Lipinski definition) is 1. The van der Waals surface area contributed by atoms with Crippen molar-refractivity contribution < 1.29 is 4.79 Å². The zero-order valence-electron chi connectivity index (χ0n) is 13.6. The van der Waals surface area contributed by atoms with Gasteiger partial charge in [0.25, 0.3) is 5.91 Å². The minimum absolute atomic E-state index is 0.0295. The van der Waals surface area contributed by atoms with Crippen LogP contribution in [0.25, 0.3) is 0 Å². The summed E-state index contributed by atoms with van der Waals surface area (Å²) in [7, 11) is 0. The van der Waals surface area contributed by atoms with E-state index in [1.165, 1.54) is 31.5 Å². The molecule has 0 radical (unpaired) electrons. The van der Waals surface area contributed by atoms with Crippen LogP contribution in [0.3, 0.4) is 0 Å². The van der Waals surface area contributed by atoms with Gasteiger partial charge in [-0.05, 0) is 48.9 Å². The Morgan fingerprint density at radius 3 is 2.67 bits per heavy atom. The molecule has 0 aliphatic carbocycles. The van der Waals surface area contributed by atoms with E-state index in [9.17, 15) is 4.79 Å². The second-order valence-corrected chi connectivity index (χ2v) is 6.78. The van der Waals surface area contributed by atoms with Gasteiger partial charge in [0.05, 0.1) is 0 Å². The Labute approximate surface area is 128 Å². The van der Waals surface area contributed by atoms with Gasteiger partial charge in [0.1, 0.15) is 0 Å². The molecule has 0 spiro atoms. The predicted octanol–water partition coefficient (Wildman–Crippen LogP) is 3.30. The quantitative estimate of drug-likeness (QED) is 0.901. The summed E-state index contributed by atoms with van der Waals surface area (Å²) in [5.41, 5.74) is 2.05. The highest BCUT2D eigenvalue weighted by atomic mass is 16.1. The third kappa shape index (κ3) is 5.16. The number of carbonyl (C=O) groups is 1. The molecule has 1 atom stereocenters. The van der Waals surface area contributed by atoms with Gasteiger partial charge in [0, 0.05) is 25.2 Å². The molecule has 116 valence electrons. The zero-order valence-corrected chi connectivity index (χ0v) is 13.6. The molecule has 0 saturated carbocycles. The van der Waals surface area contributed by atoms with Gasteiger partial charge in [-0.3, -0.25) is 9.69 Å². The van der Waals surface area contributed by atoms with E-state index in [2.05, 4.69) is 43.1 Å². The second kappa shape index (κ2) is 7.60. The monoisotopic (exact) mass is 288 g/mol.